The number of aromatic hydroxyl groups is 1. The molecular formula is C28H29Cl2NO. The molecule has 0 saturated carbocycles. The van der Waals surface area contributed by atoms with Crippen LogP contribution in [0.5, 0.6) is 5.75 Å². The van der Waals surface area contributed by atoms with Crippen molar-refractivity contribution < 1.29 is 5.11 Å². The van der Waals surface area contributed by atoms with E-state index in [4.69, 9.17) is 23.2 Å². The molecule has 1 aromatic heterocycles. The number of hydrogen-bond donors (Lipinski definition) is 1. The van der Waals surface area contributed by atoms with Crippen LogP contribution in [0.25, 0.3) is 32.8 Å². The van der Waals surface area contributed by atoms with Gasteiger partial charge in [0.15, 0.2) is 0 Å². The molecule has 4 rings (SSSR count). The van der Waals surface area contributed by atoms with E-state index in [-0.39, 0.29) is 11.2 Å². The molecule has 32 heavy (non-hydrogen) atoms. The monoisotopic (exact) mass is 465 g/mol. The van der Waals surface area contributed by atoms with Crippen LogP contribution in [0.4, 0.5) is 0 Å². The third kappa shape index (κ3) is 4.58. The molecule has 1 N–H and O–H groups in total. The number of phenols is 1. The molecule has 0 radical (unpaired) electrons. The maximum Gasteiger partial charge on any atom is 0.132 e. The van der Waals surface area contributed by atoms with E-state index in [2.05, 4.69) is 63.9 Å². The number of benzene rings is 3. The summed E-state index contributed by atoms with van der Waals surface area (Å²) in [6, 6.07) is 14.0. The average molecular weight is 466 g/mol. The van der Waals surface area contributed by atoms with E-state index in [1.165, 1.54) is 11.1 Å². The minimum Gasteiger partial charge on any atom is -0.507 e. The predicted molar refractivity (Wildman–Crippen MR) is 138 cm³/mol. The number of phenolic OH excluding ortho intramolecular Hbond substituents is 1. The van der Waals surface area contributed by atoms with Crippen molar-refractivity contribution in [1.29, 1.82) is 0 Å². The van der Waals surface area contributed by atoms with Crippen LogP contribution in [0.15, 0.2) is 48.7 Å². The fraction of sp³-hybridized carbons (Fsp3) is 0.321. The molecule has 2 nitrogen and oxygen atoms in total. The van der Waals surface area contributed by atoms with Crippen molar-refractivity contribution >= 4 is 44.7 Å². The molecule has 0 unspecified atom stereocenters. The lowest BCUT2D eigenvalue weighted by atomic mass is 9.84. The summed E-state index contributed by atoms with van der Waals surface area (Å²) in [7, 11) is 0. The van der Waals surface area contributed by atoms with Crippen molar-refractivity contribution in [2.45, 2.75) is 47.5 Å². The zero-order chi connectivity index (χ0) is 23.2. The molecular weight excluding hydrogens is 437 g/mol. The van der Waals surface area contributed by atoms with Gasteiger partial charge in [-0.25, -0.2) is 0 Å². The van der Waals surface area contributed by atoms with E-state index in [1.807, 2.05) is 12.1 Å². The zero-order valence-corrected chi connectivity index (χ0v) is 20.8. The predicted octanol–water partition coefficient (Wildman–Crippen LogP) is 8.85. The Morgan fingerprint density at radius 1 is 0.969 bits per heavy atom. The second-order valence-corrected chi connectivity index (χ2v) is 11.1. The highest BCUT2D eigenvalue weighted by Crippen LogP contribution is 2.43. The van der Waals surface area contributed by atoms with Crippen molar-refractivity contribution in [2.75, 3.05) is 0 Å². The van der Waals surface area contributed by atoms with Gasteiger partial charge in [0.05, 0.1) is 10.7 Å². The lowest BCUT2D eigenvalue weighted by Crippen LogP contribution is -2.10. The Bertz CT molecular complexity index is 1320. The standard InChI is InChI=1S/C28H29Cl2NO/c1-16(2)10-17-6-7-21-19(15-28(3,4)5)13-23(27(32)22(21)11-17)26-25-18(8-9-31-26)12-20(29)14-24(25)30/h6-9,11-14,16,32H,10,15H2,1-5H3. The van der Waals surface area contributed by atoms with Gasteiger partial charge < -0.3 is 5.11 Å². The molecule has 0 fully saturated rings. The van der Waals surface area contributed by atoms with Crippen LogP contribution in [0, 0.1) is 11.3 Å². The number of aromatic nitrogens is 1. The van der Waals surface area contributed by atoms with Crippen molar-refractivity contribution in [1.82, 2.24) is 4.98 Å². The number of rotatable bonds is 4. The van der Waals surface area contributed by atoms with Crippen molar-refractivity contribution in [3.8, 4) is 17.0 Å². The van der Waals surface area contributed by atoms with Crippen molar-refractivity contribution in [2.24, 2.45) is 11.3 Å². The topological polar surface area (TPSA) is 33.1 Å². The molecule has 4 aromatic rings. The molecule has 0 aliphatic heterocycles. The molecule has 0 saturated heterocycles. The summed E-state index contributed by atoms with van der Waals surface area (Å²) in [5.74, 6) is 0.782. The van der Waals surface area contributed by atoms with Gasteiger partial charge in [-0.1, -0.05) is 70.0 Å². The first-order chi connectivity index (χ1) is 15.0. The summed E-state index contributed by atoms with van der Waals surface area (Å²) in [5.41, 5.74) is 3.88. The maximum absolute atomic E-state index is 11.5. The fourth-order valence-electron chi connectivity index (χ4n) is 4.46. The quantitative estimate of drug-likeness (QED) is 0.326. The largest absolute Gasteiger partial charge is 0.507 e. The first-order valence-electron chi connectivity index (χ1n) is 11.0. The van der Waals surface area contributed by atoms with Crippen LogP contribution in [0.1, 0.15) is 45.7 Å². The van der Waals surface area contributed by atoms with Gasteiger partial charge >= 0.3 is 0 Å². The van der Waals surface area contributed by atoms with E-state index in [0.717, 1.165) is 34.4 Å². The van der Waals surface area contributed by atoms with Crippen LogP contribution in [0.3, 0.4) is 0 Å². The van der Waals surface area contributed by atoms with Crippen LogP contribution in [-0.4, -0.2) is 10.1 Å². The van der Waals surface area contributed by atoms with E-state index in [1.54, 1.807) is 12.3 Å². The lowest BCUT2D eigenvalue weighted by molar-refractivity contribution is 0.412. The Labute approximate surface area is 200 Å². The van der Waals surface area contributed by atoms with Gasteiger partial charge in [-0.2, -0.15) is 0 Å². The molecule has 1 heterocycles. The fourth-order valence-corrected chi connectivity index (χ4v) is 5.06. The minimum absolute atomic E-state index is 0.0924. The molecule has 3 aromatic carbocycles. The molecule has 166 valence electrons. The Morgan fingerprint density at radius 3 is 2.41 bits per heavy atom. The minimum atomic E-state index is 0.0924. The van der Waals surface area contributed by atoms with E-state index in [9.17, 15) is 5.11 Å². The van der Waals surface area contributed by atoms with Gasteiger partial charge in [0.1, 0.15) is 5.75 Å². The Hall–Kier alpha value is -2.29. The molecule has 0 bridgehead atoms. The van der Waals surface area contributed by atoms with Crippen LogP contribution < -0.4 is 0 Å². The van der Waals surface area contributed by atoms with Crippen molar-refractivity contribution in [3.05, 3.63) is 69.8 Å². The van der Waals surface area contributed by atoms with Crippen molar-refractivity contribution in [3.63, 3.8) is 0 Å². The third-order valence-electron chi connectivity index (χ3n) is 5.66. The summed E-state index contributed by atoms with van der Waals surface area (Å²) in [6.07, 6.45) is 3.59. The number of nitrogens with zero attached hydrogens (tertiary/aromatic N) is 1. The molecule has 4 heteroatoms. The highest BCUT2D eigenvalue weighted by molar-refractivity contribution is 6.39. The molecule has 0 aliphatic rings. The Morgan fingerprint density at radius 2 is 1.72 bits per heavy atom. The summed E-state index contributed by atoms with van der Waals surface area (Å²) in [6.45, 7) is 11.1. The van der Waals surface area contributed by atoms with E-state index < -0.39 is 0 Å². The second kappa shape index (κ2) is 8.57. The molecule has 0 aliphatic carbocycles. The normalized spacial score (nSPS) is 12.2. The highest BCUT2D eigenvalue weighted by Gasteiger charge is 2.21. The molecule has 0 atom stereocenters. The highest BCUT2D eigenvalue weighted by atomic mass is 35.5. The van der Waals surface area contributed by atoms with Crippen LogP contribution in [0.2, 0.25) is 10.0 Å². The molecule has 0 spiro atoms. The van der Waals surface area contributed by atoms with Gasteiger partial charge in [-0.3, -0.25) is 4.98 Å². The van der Waals surface area contributed by atoms with Gasteiger partial charge in [-0.05, 0) is 76.4 Å². The van der Waals surface area contributed by atoms with Gasteiger partial charge in [0, 0.05) is 27.6 Å². The number of fused-ring (bicyclic) bond motifs is 2. The SMILES string of the molecule is CC(C)Cc1ccc2c(CC(C)(C)C)cc(-c3nccc4cc(Cl)cc(Cl)c34)c(O)c2c1. The van der Waals surface area contributed by atoms with Gasteiger partial charge in [-0.15, -0.1) is 0 Å². The van der Waals surface area contributed by atoms with Gasteiger partial charge in [0.25, 0.3) is 0 Å². The maximum atomic E-state index is 11.5. The Kier molecular flexibility index (Phi) is 6.13. The Balaban J connectivity index is 2.05. The number of halogens is 2. The van der Waals surface area contributed by atoms with E-state index >= 15 is 0 Å². The second-order valence-electron chi connectivity index (χ2n) is 10.3. The summed E-state index contributed by atoms with van der Waals surface area (Å²) in [4.78, 5) is 4.66. The zero-order valence-electron chi connectivity index (χ0n) is 19.3. The lowest BCUT2D eigenvalue weighted by Gasteiger charge is -2.22. The summed E-state index contributed by atoms with van der Waals surface area (Å²) in [5, 5.41) is 16.2. The first kappa shape index (κ1) is 22.9. The number of hydrogen-bond acceptors (Lipinski definition) is 2. The third-order valence-corrected chi connectivity index (χ3v) is 6.17. The smallest absolute Gasteiger partial charge is 0.132 e. The average Bonchev–Trinajstić information content (AvgIpc) is 2.68. The van der Waals surface area contributed by atoms with Gasteiger partial charge in [0.2, 0.25) is 0 Å². The van der Waals surface area contributed by atoms with E-state index in [0.29, 0.717) is 27.2 Å². The summed E-state index contributed by atoms with van der Waals surface area (Å²) < 4.78 is 0. The van der Waals surface area contributed by atoms with Crippen LogP contribution in [-0.2, 0) is 12.8 Å². The first-order valence-corrected chi connectivity index (χ1v) is 11.8. The van der Waals surface area contributed by atoms with Crippen LogP contribution >= 0.6 is 23.2 Å². The molecule has 0 amide bonds. The summed E-state index contributed by atoms with van der Waals surface area (Å²) >= 11 is 12.8. The number of pyridine rings is 1.